The van der Waals surface area contributed by atoms with E-state index in [9.17, 15) is 9.59 Å². The van der Waals surface area contributed by atoms with Gasteiger partial charge in [0.1, 0.15) is 0 Å². The van der Waals surface area contributed by atoms with Crippen molar-refractivity contribution in [1.82, 2.24) is 10.3 Å². The minimum atomic E-state index is -0.0676. The molecule has 0 atom stereocenters. The number of carbonyl (C=O) groups is 2. The molecule has 1 fully saturated rings. The summed E-state index contributed by atoms with van der Waals surface area (Å²) in [5, 5.41) is 9.04. The summed E-state index contributed by atoms with van der Waals surface area (Å²) >= 11 is 0. The maximum absolute atomic E-state index is 12.3. The maximum atomic E-state index is 12.3. The second-order valence-electron chi connectivity index (χ2n) is 6.94. The first kappa shape index (κ1) is 17.6. The first-order chi connectivity index (χ1) is 12.2. The van der Waals surface area contributed by atoms with Gasteiger partial charge in [-0.2, -0.15) is 5.10 Å². The van der Waals surface area contributed by atoms with E-state index in [4.69, 9.17) is 0 Å². The van der Waals surface area contributed by atoms with Crippen molar-refractivity contribution in [2.24, 2.45) is 5.10 Å². The second-order valence-corrected chi connectivity index (χ2v) is 6.94. The summed E-state index contributed by atoms with van der Waals surface area (Å²) in [7, 11) is 0. The van der Waals surface area contributed by atoms with E-state index >= 15 is 0 Å². The lowest BCUT2D eigenvalue weighted by molar-refractivity contribution is -0.133. The Labute approximate surface area is 149 Å². The van der Waals surface area contributed by atoms with Gasteiger partial charge in [-0.15, -0.1) is 0 Å². The lowest BCUT2D eigenvalue weighted by Crippen LogP contribution is -2.35. The summed E-state index contributed by atoms with van der Waals surface area (Å²) < 4.78 is 0. The van der Waals surface area contributed by atoms with Crippen molar-refractivity contribution in [3.63, 3.8) is 0 Å². The van der Waals surface area contributed by atoms with Crippen molar-refractivity contribution in [2.45, 2.75) is 63.8 Å². The highest BCUT2D eigenvalue weighted by Gasteiger charge is 2.22. The van der Waals surface area contributed by atoms with Crippen LogP contribution < -0.4 is 5.32 Å². The fourth-order valence-electron chi connectivity index (χ4n) is 3.54. The van der Waals surface area contributed by atoms with Crippen LogP contribution in [0.25, 0.3) is 0 Å². The van der Waals surface area contributed by atoms with Gasteiger partial charge in [0.05, 0.1) is 12.3 Å². The highest BCUT2D eigenvalue weighted by Crippen LogP contribution is 2.18. The molecule has 25 heavy (non-hydrogen) atoms. The quantitative estimate of drug-likeness (QED) is 0.836. The molecular formula is C20H27N3O2. The Bertz CT molecular complexity index is 619. The molecule has 2 amide bonds. The van der Waals surface area contributed by atoms with Gasteiger partial charge >= 0.3 is 0 Å². The van der Waals surface area contributed by atoms with Gasteiger partial charge < -0.3 is 5.32 Å². The van der Waals surface area contributed by atoms with Crippen molar-refractivity contribution in [3.05, 3.63) is 35.9 Å². The monoisotopic (exact) mass is 341 g/mol. The highest BCUT2D eigenvalue weighted by molar-refractivity contribution is 6.02. The summed E-state index contributed by atoms with van der Waals surface area (Å²) in [5.41, 5.74) is 2.00. The number of benzene rings is 1. The predicted molar refractivity (Wildman–Crippen MR) is 98.2 cm³/mol. The molecular weight excluding hydrogens is 314 g/mol. The molecule has 5 heteroatoms. The van der Waals surface area contributed by atoms with E-state index in [1.807, 2.05) is 30.3 Å². The average Bonchev–Trinajstić information content (AvgIpc) is 3.00. The van der Waals surface area contributed by atoms with Crippen LogP contribution in [0.1, 0.15) is 63.4 Å². The van der Waals surface area contributed by atoms with Gasteiger partial charge in [0, 0.05) is 25.3 Å². The third-order valence-electron chi connectivity index (χ3n) is 4.98. The number of hydrogen-bond donors (Lipinski definition) is 1. The lowest BCUT2D eigenvalue weighted by atomic mass is 10.1. The van der Waals surface area contributed by atoms with E-state index in [2.05, 4.69) is 10.4 Å². The van der Waals surface area contributed by atoms with Crippen molar-refractivity contribution >= 4 is 17.5 Å². The third kappa shape index (κ3) is 5.15. The Kier molecular flexibility index (Phi) is 6.20. The van der Waals surface area contributed by atoms with Crippen molar-refractivity contribution in [1.29, 1.82) is 0 Å². The summed E-state index contributed by atoms with van der Waals surface area (Å²) in [6, 6.07) is 10.2. The molecule has 0 saturated heterocycles. The first-order valence-corrected chi connectivity index (χ1v) is 9.45. The molecule has 1 heterocycles. The summed E-state index contributed by atoms with van der Waals surface area (Å²) in [5.74, 6) is -0.0753. The van der Waals surface area contributed by atoms with Gasteiger partial charge in [-0.25, -0.2) is 5.01 Å². The zero-order chi connectivity index (χ0) is 17.5. The molecule has 134 valence electrons. The van der Waals surface area contributed by atoms with Crippen LogP contribution in [0.2, 0.25) is 0 Å². The minimum Gasteiger partial charge on any atom is -0.353 e. The number of nitrogens with one attached hydrogen (secondary N) is 1. The molecule has 1 aromatic rings. The fourth-order valence-corrected chi connectivity index (χ4v) is 3.54. The van der Waals surface area contributed by atoms with E-state index in [1.165, 1.54) is 30.7 Å². The molecule has 5 nitrogen and oxygen atoms in total. The van der Waals surface area contributed by atoms with Crippen LogP contribution in [0.5, 0.6) is 0 Å². The van der Waals surface area contributed by atoms with Crippen LogP contribution in [0, 0.1) is 0 Å². The van der Waals surface area contributed by atoms with Crippen molar-refractivity contribution < 1.29 is 9.59 Å². The molecule has 1 saturated carbocycles. The molecule has 2 aliphatic rings. The van der Waals surface area contributed by atoms with Gasteiger partial charge in [0.15, 0.2) is 0 Å². The van der Waals surface area contributed by atoms with Crippen molar-refractivity contribution in [3.8, 4) is 0 Å². The number of nitrogens with zero attached hydrogens (tertiary/aromatic N) is 2. The maximum Gasteiger partial charge on any atom is 0.243 e. The molecule has 0 bridgehead atoms. The molecule has 0 aromatic heterocycles. The molecule has 1 aliphatic heterocycles. The molecule has 0 radical (unpaired) electrons. The zero-order valence-electron chi connectivity index (χ0n) is 14.7. The minimum absolute atomic E-state index is 0.00768. The number of carbonyl (C=O) groups excluding carboxylic acids is 2. The fraction of sp³-hybridized carbons (Fsp3) is 0.550. The standard InChI is InChI=1S/C20H27N3O2/c24-19(21-17-10-6-1-2-7-11-17)12-13-20(25)23-15-14-18(22-23)16-8-4-3-5-9-16/h3-5,8-9,17H,1-2,6-7,10-15H2,(H,21,24). The van der Waals surface area contributed by atoms with Crippen molar-refractivity contribution in [2.75, 3.05) is 6.54 Å². The summed E-state index contributed by atoms with van der Waals surface area (Å²) in [6.07, 6.45) is 8.29. The predicted octanol–water partition coefficient (Wildman–Crippen LogP) is 3.24. The second kappa shape index (κ2) is 8.79. The van der Waals surface area contributed by atoms with Crippen LogP contribution in [-0.4, -0.2) is 35.1 Å². The number of amides is 2. The summed E-state index contributed by atoms with van der Waals surface area (Å²) in [6.45, 7) is 0.604. The smallest absolute Gasteiger partial charge is 0.243 e. The van der Waals surface area contributed by atoms with Crippen LogP contribution in [0.4, 0.5) is 0 Å². The SMILES string of the molecule is O=C(CCC(=O)N1CCC(c2ccccc2)=N1)NC1CCCCCC1. The Morgan fingerprint density at radius 2 is 1.76 bits per heavy atom. The van der Waals surface area contributed by atoms with Gasteiger partial charge in [0.2, 0.25) is 11.8 Å². The molecule has 1 aliphatic carbocycles. The largest absolute Gasteiger partial charge is 0.353 e. The van der Waals surface area contributed by atoms with E-state index in [0.717, 1.165) is 30.5 Å². The van der Waals surface area contributed by atoms with E-state index in [1.54, 1.807) is 0 Å². The average molecular weight is 341 g/mol. The van der Waals surface area contributed by atoms with Gasteiger partial charge in [-0.05, 0) is 18.4 Å². The van der Waals surface area contributed by atoms with Gasteiger partial charge in [0.25, 0.3) is 0 Å². The third-order valence-corrected chi connectivity index (χ3v) is 4.98. The lowest BCUT2D eigenvalue weighted by Gasteiger charge is -2.16. The highest BCUT2D eigenvalue weighted by atomic mass is 16.2. The number of hydrogen-bond acceptors (Lipinski definition) is 3. The van der Waals surface area contributed by atoms with Crippen LogP contribution >= 0.6 is 0 Å². The number of hydrazone groups is 1. The summed E-state index contributed by atoms with van der Waals surface area (Å²) in [4.78, 5) is 24.4. The van der Waals surface area contributed by atoms with Crippen LogP contribution in [-0.2, 0) is 9.59 Å². The van der Waals surface area contributed by atoms with Crippen LogP contribution in [0.3, 0.4) is 0 Å². The van der Waals surface area contributed by atoms with E-state index < -0.39 is 0 Å². The van der Waals surface area contributed by atoms with Gasteiger partial charge in [-0.1, -0.05) is 56.0 Å². The van der Waals surface area contributed by atoms with Gasteiger partial charge in [-0.3, -0.25) is 9.59 Å². The molecule has 1 N–H and O–H groups in total. The topological polar surface area (TPSA) is 61.8 Å². The normalized spacial score (nSPS) is 18.6. The van der Waals surface area contributed by atoms with E-state index in [0.29, 0.717) is 12.6 Å². The Hall–Kier alpha value is -2.17. The van der Waals surface area contributed by atoms with E-state index in [-0.39, 0.29) is 24.7 Å². The molecule has 0 unspecified atom stereocenters. The number of rotatable bonds is 5. The zero-order valence-corrected chi connectivity index (χ0v) is 14.7. The first-order valence-electron chi connectivity index (χ1n) is 9.45. The Morgan fingerprint density at radius 1 is 1.04 bits per heavy atom. The van der Waals surface area contributed by atoms with Crippen LogP contribution in [0.15, 0.2) is 35.4 Å². The molecule has 3 rings (SSSR count). The Balaban J connectivity index is 1.44. The Morgan fingerprint density at radius 3 is 2.48 bits per heavy atom. The molecule has 0 spiro atoms. The molecule has 1 aromatic carbocycles.